The predicted molar refractivity (Wildman–Crippen MR) is 74.2 cm³/mol. The molecule has 1 amide bonds. The summed E-state index contributed by atoms with van der Waals surface area (Å²) in [5.74, 6) is -1.12. The number of nitrogens with two attached hydrogens (primary N) is 1. The molecule has 1 aromatic carbocycles. The van der Waals surface area contributed by atoms with E-state index in [0.717, 1.165) is 24.6 Å². The van der Waals surface area contributed by atoms with Gasteiger partial charge in [-0.2, -0.15) is 0 Å². The first-order valence-corrected chi connectivity index (χ1v) is 7.84. The van der Waals surface area contributed by atoms with Crippen molar-refractivity contribution in [2.45, 2.75) is 38.1 Å². The molecule has 0 aliphatic heterocycles. The lowest BCUT2D eigenvalue weighted by atomic mass is 10.0. The highest BCUT2D eigenvalue weighted by Crippen LogP contribution is 2.14. The standard InChI is InChI=1S/C13H19FN2O3S/c1-4-12(8(2)3)16-13(17)9-5-10(14)7-11(6-9)20(15,18)19/h5-8,12H,4H2,1-3H3,(H,16,17)(H2,15,18,19). The highest BCUT2D eigenvalue weighted by Gasteiger charge is 2.18. The van der Waals surface area contributed by atoms with Gasteiger partial charge in [-0.1, -0.05) is 20.8 Å². The number of halogens is 1. The van der Waals surface area contributed by atoms with Gasteiger partial charge >= 0.3 is 0 Å². The van der Waals surface area contributed by atoms with Gasteiger partial charge < -0.3 is 5.32 Å². The number of sulfonamides is 1. The van der Waals surface area contributed by atoms with Crippen LogP contribution in [0.3, 0.4) is 0 Å². The summed E-state index contributed by atoms with van der Waals surface area (Å²) >= 11 is 0. The van der Waals surface area contributed by atoms with Gasteiger partial charge in [-0.25, -0.2) is 17.9 Å². The van der Waals surface area contributed by atoms with Crippen LogP contribution in [0.5, 0.6) is 0 Å². The molecular weight excluding hydrogens is 283 g/mol. The fourth-order valence-corrected chi connectivity index (χ4v) is 2.42. The normalized spacial score (nSPS) is 13.3. The van der Waals surface area contributed by atoms with Gasteiger partial charge in [0.1, 0.15) is 5.82 Å². The summed E-state index contributed by atoms with van der Waals surface area (Å²) in [5, 5.41) is 7.69. The molecule has 0 saturated carbocycles. The number of primary sulfonamides is 1. The molecule has 0 aromatic heterocycles. The summed E-state index contributed by atoms with van der Waals surface area (Å²) in [4.78, 5) is 11.6. The summed E-state index contributed by atoms with van der Waals surface area (Å²) < 4.78 is 35.8. The topological polar surface area (TPSA) is 89.3 Å². The Morgan fingerprint density at radius 2 is 1.95 bits per heavy atom. The zero-order valence-electron chi connectivity index (χ0n) is 11.7. The number of carbonyl (C=O) groups excluding carboxylic acids is 1. The van der Waals surface area contributed by atoms with Crippen LogP contribution in [0.25, 0.3) is 0 Å². The Bertz CT molecular complexity index is 600. The first kappa shape index (κ1) is 16.6. The maximum Gasteiger partial charge on any atom is 0.251 e. The number of rotatable bonds is 5. The first-order chi connectivity index (χ1) is 9.15. The highest BCUT2D eigenvalue weighted by atomic mass is 32.2. The second kappa shape index (κ2) is 6.32. The first-order valence-electron chi connectivity index (χ1n) is 6.29. The molecule has 0 bridgehead atoms. The van der Waals surface area contributed by atoms with E-state index in [9.17, 15) is 17.6 Å². The maximum absolute atomic E-state index is 13.4. The number of nitrogens with one attached hydrogen (secondary N) is 1. The van der Waals surface area contributed by atoms with Gasteiger partial charge in [0.2, 0.25) is 10.0 Å². The van der Waals surface area contributed by atoms with Crippen molar-refractivity contribution in [2.75, 3.05) is 0 Å². The monoisotopic (exact) mass is 302 g/mol. The van der Waals surface area contributed by atoms with Gasteiger partial charge in [-0.05, 0) is 30.5 Å². The third kappa shape index (κ3) is 4.28. The Morgan fingerprint density at radius 3 is 2.40 bits per heavy atom. The molecule has 1 aromatic rings. The van der Waals surface area contributed by atoms with Crippen LogP contribution < -0.4 is 10.5 Å². The highest BCUT2D eigenvalue weighted by molar-refractivity contribution is 7.89. The second-order valence-electron chi connectivity index (χ2n) is 4.95. The molecule has 0 radical (unpaired) electrons. The van der Waals surface area contributed by atoms with Crippen molar-refractivity contribution in [3.63, 3.8) is 0 Å². The number of carbonyl (C=O) groups is 1. The summed E-state index contributed by atoms with van der Waals surface area (Å²) in [5.41, 5.74) is -0.0619. The van der Waals surface area contributed by atoms with Crippen LogP contribution in [0.4, 0.5) is 4.39 Å². The zero-order chi connectivity index (χ0) is 15.5. The van der Waals surface area contributed by atoms with E-state index in [1.807, 2.05) is 20.8 Å². The summed E-state index contributed by atoms with van der Waals surface area (Å²) in [6, 6.07) is 2.77. The van der Waals surface area contributed by atoms with E-state index in [-0.39, 0.29) is 17.5 Å². The molecular formula is C13H19FN2O3S. The molecule has 1 rings (SSSR count). The fraction of sp³-hybridized carbons (Fsp3) is 0.462. The van der Waals surface area contributed by atoms with Crippen LogP contribution in [-0.4, -0.2) is 20.4 Å². The minimum absolute atomic E-state index is 0.0619. The quantitative estimate of drug-likeness (QED) is 0.866. The van der Waals surface area contributed by atoms with Crippen LogP contribution in [0.2, 0.25) is 0 Å². The molecule has 112 valence electrons. The van der Waals surface area contributed by atoms with E-state index in [2.05, 4.69) is 5.32 Å². The molecule has 1 atom stereocenters. The lowest BCUT2D eigenvalue weighted by Gasteiger charge is -2.20. The summed E-state index contributed by atoms with van der Waals surface area (Å²) in [6.45, 7) is 5.83. The molecule has 7 heteroatoms. The Hall–Kier alpha value is -1.47. The van der Waals surface area contributed by atoms with E-state index >= 15 is 0 Å². The van der Waals surface area contributed by atoms with E-state index in [4.69, 9.17) is 5.14 Å². The molecule has 0 spiro atoms. The van der Waals surface area contributed by atoms with Crippen molar-refractivity contribution in [3.8, 4) is 0 Å². The molecule has 0 heterocycles. The van der Waals surface area contributed by atoms with Crippen molar-refractivity contribution in [3.05, 3.63) is 29.6 Å². The average Bonchev–Trinajstić information content (AvgIpc) is 2.33. The maximum atomic E-state index is 13.4. The number of hydrogen-bond donors (Lipinski definition) is 2. The lowest BCUT2D eigenvalue weighted by Crippen LogP contribution is -2.38. The number of benzene rings is 1. The van der Waals surface area contributed by atoms with Crippen molar-refractivity contribution in [1.82, 2.24) is 5.32 Å². The van der Waals surface area contributed by atoms with Crippen LogP contribution in [0.15, 0.2) is 23.1 Å². The van der Waals surface area contributed by atoms with Crippen LogP contribution in [0, 0.1) is 11.7 Å². The minimum atomic E-state index is -4.05. The Kier molecular flexibility index (Phi) is 5.24. The molecule has 0 fully saturated rings. The van der Waals surface area contributed by atoms with Crippen molar-refractivity contribution in [2.24, 2.45) is 11.1 Å². The van der Waals surface area contributed by atoms with E-state index in [1.54, 1.807) is 0 Å². The second-order valence-corrected chi connectivity index (χ2v) is 6.51. The SMILES string of the molecule is CCC(NC(=O)c1cc(F)cc(S(N)(=O)=O)c1)C(C)C. The van der Waals surface area contributed by atoms with Crippen LogP contribution >= 0.6 is 0 Å². The molecule has 5 nitrogen and oxygen atoms in total. The van der Waals surface area contributed by atoms with Crippen molar-refractivity contribution < 1.29 is 17.6 Å². The van der Waals surface area contributed by atoms with E-state index < -0.39 is 26.6 Å². The summed E-state index contributed by atoms with van der Waals surface area (Å²) in [6.07, 6.45) is 0.723. The summed E-state index contributed by atoms with van der Waals surface area (Å²) in [7, 11) is -4.05. The van der Waals surface area contributed by atoms with Crippen molar-refractivity contribution >= 4 is 15.9 Å². The molecule has 20 heavy (non-hydrogen) atoms. The molecule has 0 saturated heterocycles. The molecule has 3 N–H and O–H groups in total. The molecule has 1 unspecified atom stereocenters. The number of hydrogen-bond acceptors (Lipinski definition) is 3. The Labute approximate surface area is 118 Å². The zero-order valence-corrected chi connectivity index (χ0v) is 12.5. The largest absolute Gasteiger partial charge is 0.349 e. The van der Waals surface area contributed by atoms with E-state index in [0.29, 0.717) is 0 Å². The predicted octanol–water partition coefficient (Wildman–Crippen LogP) is 1.64. The Balaban J connectivity index is 3.08. The van der Waals surface area contributed by atoms with Crippen LogP contribution in [0.1, 0.15) is 37.6 Å². The third-order valence-corrected chi connectivity index (χ3v) is 3.92. The van der Waals surface area contributed by atoms with Gasteiger partial charge in [0.05, 0.1) is 4.90 Å². The molecule has 0 aliphatic carbocycles. The van der Waals surface area contributed by atoms with E-state index in [1.165, 1.54) is 0 Å². The number of amides is 1. The smallest absolute Gasteiger partial charge is 0.251 e. The van der Waals surface area contributed by atoms with Crippen molar-refractivity contribution in [1.29, 1.82) is 0 Å². The lowest BCUT2D eigenvalue weighted by molar-refractivity contribution is 0.0924. The fourth-order valence-electron chi connectivity index (χ4n) is 1.85. The van der Waals surface area contributed by atoms with Gasteiger partial charge in [0.25, 0.3) is 5.91 Å². The molecule has 0 aliphatic rings. The van der Waals surface area contributed by atoms with Gasteiger partial charge in [0.15, 0.2) is 0 Å². The third-order valence-electron chi connectivity index (χ3n) is 3.02. The van der Waals surface area contributed by atoms with Crippen LogP contribution in [-0.2, 0) is 10.0 Å². The van der Waals surface area contributed by atoms with Gasteiger partial charge in [0, 0.05) is 11.6 Å². The van der Waals surface area contributed by atoms with Gasteiger partial charge in [-0.3, -0.25) is 4.79 Å². The van der Waals surface area contributed by atoms with Gasteiger partial charge in [-0.15, -0.1) is 0 Å². The minimum Gasteiger partial charge on any atom is -0.349 e. The average molecular weight is 302 g/mol. The Morgan fingerprint density at radius 1 is 1.35 bits per heavy atom.